The molecule has 0 fully saturated rings. The highest BCUT2D eigenvalue weighted by Crippen LogP contribution is 2.57. The topological polar surface area (TPSA) is 328 Å². The van der Waals surface area contributed by atoms with E-state index in [-0.39, 0.29) is 33.8 Å². The third kappa shape index (κ3) is 5.95. The summed E-state index contributed by atoms with van der Waals surface area (Å²) in [5.41, 5.74) is -1.52. The molecule has 2 aliphatic heterocycles. The first-order chi connectivity index (χ1) is 25.9. The lowest BCUT2D eigenvalue weighted by molar-refractivity contribution is -0.0191. The average molecular weight is 763 g/mol. The molecule has 0 aliphatic carbocycles. The van der Waals surface area contributed by atoms with Crippen molar-refractivity contribution in [3.63, 3.8) is 0 Å². The lowest BCUT2D eigenvalue weighted by atomic mass is 9.77. The van der Waals surface area contributed by atoms with Crippen molar-refractivity contribution in [2.45, 2.75) is 36.8 Å². The highest BCUT2D eigenvalue weighted by molar-refractivity contribution is 5.91. The summed E-state index contributed by atoms with van der Waals surface area (Å²) in [6.45, 7) is 0. The molecule has 0 aromatic heterocycles. The van der Waals surface area contributed by atoms with Gasteiger partial charge in [-0.05, 0) is 36.4 Å². The van der Waals surface area contributed by atoms with Crippen LogP contribution in [0.2, 0.25) is 0 Å². The lowest BCUT2D eigenvalue weighted by Crippen LogP contribution is -2.36. The van der Waals surface area contributed by atoms with Crippen molar-refractivity contribution < 1.29 is 90.5 Å². The number of phenolic OH excluding ortho intramolecular Hbond substituents is 13. The van der Waals surface area contributed by atoms with E-state index >= 15 is 0 Å². The predicted molar refractivity (Wildman–Crippen MR) is 181 cm³/mol. The van der Waals surface area contributed by atoms with Gasteiger partial charge in [-0.2, -0.15) is 0 Å². The van der Waals surface area contributed by atoms with Gasteiger partial charge in [-0.25, -0.2) is 4.79 Å². The van der Waals surface area contributed by atoms with Gasteiger partial charge in [-0.15, -0.1) is 0 Å². The Kier molecular flexibility index (Phi) is 8.41. The van der Waals surface area contributed by atoms with Crippen molar-refractivity contribution in [3.05, 3.63) is 88.0 Å². The third-order valence-corrected chi connectivity index (χ3v) is 9.42. The summed E-state index contributed by atoms with van der Waals surface area (Å²) in [7, 11) is 0. The highest BCUT2D eigenvalue weighted by Gasteiger charge is 2.46. The number of hydrogen-bond acceptors (Lipinski definition) is 18. The molecule has 5 aromatic carbocycles. The minimum Gasteiger partial charge on any atom is -0.508 e. The zero-order chi connectivity index (χ0) is 39.8. The largest absolute Gasteiger partial charge is 0.508 e. The Morgan fingerprint density at radius 3 is 1.55 bits per heavy atom. The van der Waals surface area contributed by atoms with Gasteiger partial charge in [0.15, 0.2) is 64.0 Å². The predicted octanol–water partition coefficient (Wildman–Crippen LogP) is 3.39. The molecular formula is C37H30O18. The normalized spacial score (nSPS) is 20.1. The lowest BCUT2D eigenvalue weighted by Gasteiger charge is -2.39. The number of rotatable bonds is 5. The average Bonchev–Trinajstić information content (AvgIpc) is 3.11. The van der Waals surface area contributed by atoms with E-state index in [2.05, 4.69) is 0 Å². The van der Waals surface area contributed by atoms with Crippen LogP contribution in [0.15, 0.2) is 54.6 Å². The highest BCUT2D eigenvalue weighted by atomic mass is 16.6. The van der Waals surface area contributed by atoms with Gasteiger partial charge in [0, 0.05) is 52.4 Å². The van der Waals surface area contributed by atoms with Crippen molar-refractivity contribution in [2.75, 3.05) is 0 Å². The molecule has 0 spiro atoms. The summed E-state index contributed by atoms with van der Waals surface area (Å²) in [5.74, 6) is -13.6. The van der Waals surface area contributed by atoms with E-state index in [0.29, 0.717) is 0 Å². The van der Waals surface area contributed by atoms with E-state index in [4.69, 9.17) is 14.2 Å². The van der Waals surface area contributed by atoms with Crippen molar-refractivity contribution in [3.8, 4) is 86.2 Å². The molecule has 0 unspecified atom stereocenters. The van der Waals surface area contributed by atoms with E-state index < -0.39 is 129 Å². The van der Waals surface area contributed by atoms with Crippen LogP contribution in [-0.4, -0.2) is 89.7 Å². The van der Waals surface area contributed by atoms with Crippen LogP contribution in [0.4, 0.5) is 0 Å². The van der Waals surface area contributed by atoms with Gasteiger partial charge in [0.05, 0.1) is 11.5 Å². The Morgan fingerprint density at radius 1 is 0.527 bits per heavy atom. The Morgan fingerprint density at radius 2 is 1.00 bits per heavy atom. The summed E-state index contributed by atoms with van der Waals surface area (Å²) < 4.78 is 17.6. The molecule has 2 heterocycles. The van der Waals surface area contributed by atoms with Crippen LogP contribution in [0.25, 0.3) is 0 Å². The fourth-order valence-electron chi connectivity index (χ4n) is 6.85. The number of hydrogen-bond donors (Lipinski definition) is 14. The Balaban J connectivity index is 1.36. The molecule has 0 amide bonds. The van der Waals surface area contributed by atoms with Crippen LogP contribution in [0, 0.1) is 0 Å². The number of carbonyl (C=O) groups excluding carboxylic acids is 1. The molecule has 18 heteroatoms. The molecule has 7 rings (SSSR count). The molecule has 0 radical (unpaired) electrons. The van der Waals surface area contributed by atoms with Crippen molar-refractivity contribution >= 4 is 5.97 Å². The number of benzene rings is 5. The summed E-state index contributed by atoms with van der Waals surface area (Å²) in [4.78, 5) is 13.4. The molecule has 0 saturated heterocycles. The summed E-state index contributed by atoms with van der Waals surface area (Å²) in [5, 5.41) is 147. The molecule has 2 aliphatic rings. The van der Waals surface area contributed by atoms with Crippen LogP contribution in [-0.2, 0) is 11.2 Å². The molecule has 0 saturated carbocycles. The monoisotopic (exact) mass is 762 g/mol. The molecule has 5 atom stereocenters. The second-order valence-electron chi connectivity index (χ2n) is 12.9. The van der Waals surface area contributed by atoms with Crippen molar-refractivity contribution in [1.82, 2.24) is 0 Å². The Bertz CT molecular complexity index is 2340. The third-order valence-electron chi connectivity index (χ3n) is 9.42. The molecular weight excluding hydrogens is 732 g/mol. The maximum absolute atomic E-state index is 13.4. The van der Waals surface area contributed by atoms with Gasteiger partial charge in [-0.1, -0.05) is 0 Å². The van der Waals surface area contributed by atoms with E-state index in [1.54, 1.807) is 0 Å². The molecule has 286 valence electrons. The van der Waals surface area contributed by atoms with Crippen molar-refractivity contribution in [1.29, 1.82) is 0 Å². The second-order valence-corrected chi connectivity index (χ2v) is 12.9. The van der Waals surface area contributed by atoms with Crippen LogP contribution >= 0.6 is 0 Å². The molecule has 55 heavy (non-hydrogen) atoms. The molecule has 0 bridgehead atoms. The quantitative estimate of drug-likeness (QED) is 0.0901. The Labute approximate surface area is 307 Å². The fourth-order valence-corrected chi connectivity index (χ4v) is 6.85. The van der Waals surface area contributed by atoms with Gasteiger partial charge in [-0.3, -0.25) is 0 Å². The number of aliphatic hydroxyl groups is 1. The second kappa shape index (κ2) is 12.9. The summed E-state index contributed by atoms with van der Waals surface area (Å²) in [6.07, 6.45) is -6.89. The number of esters is 1. The number of fused-ring (bicyclic) bond motifs is 2. The van der Waals surface area contributed by atoms with E-state index in [0.717, 1.165) is 54.6 Å². The first-order valence-corrected chi connectivity index (χ1v) is 16.1. The Hall–Kier alpha value is -7.47. The zero-order valence-electron chi connectivity index (χ0n) is 27.7. The maximum atomic E-state index is 13.4. The van der Waals surface area contributed by atoms with Gasteiger partial charge in [0.2, 0.25) is 0 Å². The molecule has 5 aromatic rings. The maximum Gasteiger partial charge on any atom is 0.338 e. The van der Waals surface area contributed by atoms with Crippen LogP contribution in [0.1, 0.15) is 56.3 Å². The first-order valence-electron chi connectivity index (χ1n) is 16.1. The summed E-state index contributed by atoms with van der Waals surface area (Å²) in [6, 6.07) is 8.41. The molecule has 18 nitrogen and oxygen atoms in total. The van der Waals surface area contributed by atoms with Gasteiger partial charge in [0.1, 0.15) is 46.7 Å². The standard InChI is InChI=1S/C37H30O18/c38-14-7-16(39)27-25(8-14)54-36(12-3-20(43)32(49)21(44)4-12)34(51)29(27)28-17(40)10-24-15(30(28)47)9-26(35(53-24)11-1-18(41)31(48)19(42)2-11)55-37(52)13-5-22(45)33(50)23(46)6-13/h1-8,10,26,29,34-36,38-51H,9H2/t26-,29+,34+,35-,36-/m0/s1. The minimum atomic E-state index is -1.87. The van der Waals surface area contributed by atoms with Crippen LogP contribution in [0.5, 0.6) is 86.2 Å². The van der Waals surface area contributed by atoms with Crippen LogP contribution < -0.4 is 9.47 Å². The van der Waals surface area contributed by atoms with Gasteiger partial charge < -0.3 is 85.7 Å². The SMILES string of the molecule is O=C(O[C@H]1Cc2c(cc(O)c([C@H]3c4c(O)cc(O)cc4O[C@@H](c4cc(O)c(O)c(O)c4)[C@@H]3O)c2O)O[C@H]1c1cc(O)c(O)c(O)c1)c1cc(O)c(O)c(O)c1. The van der Waals surface area contributed by atoms with Crippen LogP contribution in [0.3, 0.4) is 0 Å². The smallest absolute Gasteiger partial charge is 0.338 e. The first kappa shape index (κ1) is 35.9. The summed E-state index contributed by atoms with van der Waals surface area (Å²) >= 11 is 0. The van der Waals surface area contributed by atoms with Gasteiger partial charge in [0.25, 0.3) is 0 Å². The zero-order valence-corrected chi connectivity index (χ0v) is 27.7. The fraction of sp³-hybridized carbons (Fsp3) is 0.162. The number of aliphatic hydroxyl groups excluding tert-OH is 1. The minimum absolute atomic E-state index is 0.0857. The molecule has 14 N–H and O–H groups in total. The van der Waals surface area contributed by atoms with E-state index in [1.807, 2.05) is 0 Å². The number of aromatic hydroxyl groups is 13. The van der Waals surface area contributed by atoms with Crippen molar-refractivity contribution in [2.24, 2.45) is 0 Å². The number of carbonyl (C=O) groups is 1. The van der Waals surface area contributed by atoms with E-state index in [1.165, 1.54) is 0 Å². The van der Waals surface area contributed by atoms with Gasteiger partial charge >= 0.3 is 5.97 Å². The van der Waals surface area contributed by atoms with E-state index in [9.17, 15) is 76.3 Å². The number of ether oxygens (including phenoxy) is 3. The number of phenols is 13.